The lowest BCUT2D eigenvalue weighted by Gasteiger charge is -2.12. The first-order valence-electron chi connectivity index (χ1n) is 6.64. The number of aliphatic hydroxyl groups excluding tert-OH is 1. The highest BCUT2D eigenvalue weighted by atomic mass is 35.5. The average Bonchev–Trinajstić information content (AvgIpc) is 3.21. The molecule has 0 spiro atoms. The van der Waals surface area contributed by atoms with Crippen LogP contribution in [0.3, 0.4) is 0 Å². The summed E-state index contributed by atoms with van der Waals surface area (Å²) in [6, 6.07) is 3.86. The van der Waals surface area contributed by atoms with Crippen LogP contribution in [-0.4, -0.2) is 18.3 Å². The second kappa shape index (κ2) is 7.49. The Balaban J connectivity index is 0.000000771. The number of nitrogen functional groups attached to an aromatic ring is 1. The van der Waals surface area contributed by atoms with E-state index in [4.69, 9.17) is 22.4 Å². The Morgan fingerprint density at radius 1 is 1.39 bits per heavy atom. The van der Waals surface area contributed by atoms with E-state index in [2.05, 4.69) is 5.32 Å². The van der Waals surface area contributed by atoms with Crippen LogP contribution < -0.4 is 11.1 Å². The third-order valence-electron chi connectivity index (χ3n) is 2.92. The minimum absolute atomic E-state index is 0.0913. The Morgan fingerprint density at radius 3 is 2.61 bits per heavy atom. The Morgan fingerprint density at radius 2 is 2.06 bits per heavy atom. The molecule has 0 atom stereocenters. The molecule has 0 radical (unpaired) electrons. The summed E-state index contributed by atoms with van der Waals surface area (Å²) in [5.41, 5.74) is 8.34. The van der Waals surface area contributed by atoms with Crippen molar-refractivity contribution < 1.29 is 5.11 Å². The molecule has 3 nitrogen and oxygen atoms in total. The van der Waals surface area contributed by atoms with Crippen molar-refractivity contribution in [2.24, 2.45) is 5.92 Å². The van der Waals surface area contributed by atoms with Gasteiger partial charge < -0.3 is 16.2 Å². The minimum atomic E-state index is 0.0913. The number of rotatable bonds is 5. The van der Waals surface area contributed by atoms with E-state index in [-0.39, 0.29) is 6.61 Å². The molecule has 4 N–H and O–H groups in total. The van der Waals surface area contributed by atoms with Crippen molar-refractivity contribution in [1.82, 2.24) is 0 Å². The van der Waals surface area contributed by atoms with Gasteiger partial charge in [0, 0.05) is 13.2 Å². The van der Waals surface area contributed by atoms with Crippen LogP contribution in [0.5, 0.6) is 0 Å². The lowest BCUT2D eigenvalue weighted by Crippen LogP contribution is -2.07. The summed E-state index contributed by atoms with van der Waals surface area (Å²) < 4.78 is 0. The van der Waals surface area contributed by atoms with E-state index in [1.54, 1.807) is 0 Å². The molecule has 0 aromatic heterocycles. The molecule has 1 aliphatic rings. The van der Waals surface area contributed by atoms with Gasteiger partial charge in [-0.3, -0.25) is 0 Å². The van der Waals surface area contributed by atoms with Crippen LogP contribution in [0, 0.1) is 5.92 Å². The summed E-state index contributed by atoms with van der Waals surface area (Å²) in [7, 11) is 0. The molecule has 0 amide bonds. The quantitative estimate of drug-likeness (QED) is 0.720. The molecule has 0 unspecified atom stereocenters. The number of nitrogens with two attached hydrogens (primary N) is 1. The fraction of sp³-hybridized carbons (Fsp3) is 0.571. The van der Waals surface area contributed by atoms with Crippen molar-refractivity contribution in [3.05, 3.63) is 22.7 Å². The topological polar surface area (TPSA) is 58.3 Å². The van der Waals surface area contributed by atoms with E-state index in [0.717, 1.165) is 23.7 Å². The zero-order valence-corrected chi connectivity index (χ0v) is 11.9. The number of nitrogens with one attached hydrogen (secondary N) is 1. The zero-order chi connectivity index (χ0) is 13.5. The van der Waals surface area contributed by atoms with Crippen molar-refractivity contribution in [2.45, 2.75) is 33.1 Å². The molecule has 4 heteroatoms. The van der Waals surface area contributed by atoms with E-state index < -0.39 is 0 Å². The van der Waals surface area contributed by atoms with Crippen LogP contribution in [0.4, 0.5) is 11.4 Å². The maximum Gasteiger partial charge on any atom is 0.0742 e. The van der Waals surface area contributed by atoms with Crippen LogP contribution in [0.2, 0.25) is 5.02 Å². The SMILES string of the molecule is CC.Nc1c(NCC2CC2)ccc(CCO)c1Cl. The minimum Gasteiger partial charge on any atom is -0.396 e. The zero-order valence-electron chi connectivity index (χ0n) is 11.2. The van der Waals surface area contributed by atoms with Gasteiger partial charge in [0.1, 0.15) is 0 Å². The second-order valence-electron chi connectivity index (χ2n) is 4.30. The summed E-state index contributed by atoms with van der Waals surface area (Å²) >= 11 is 6.13. The lowest BCUT2D eigenvalue weighted by atomic mass is 10.1. The summed E-state index contributed by atoms with van der Waals surface area (Å²) in [5.74, 6) is 0.801. The third-order valence-corrected chi connectivity index (χ3v) is 3.37. The molecule has 1 aromatic rings. The molecule has 0 saturated heterocycles. The molecular formula is C14H23ClN2O. The molecule has 1 fully saturated rings. The Bertz CT molecular complexity index is 378. The van der Waals surface area contributed by atoms with Gasteiger partial charge in [-0.1, -0.05) is 31.5 Å². The smallest absolute Gasteiger partial charge is 0.0742 e. The number of hydrogen-bond donors (Lipinski definition) is 3. The van der Waals surface area contributed by atoms with Crippen molar-refractivity contribution >= 4 is 23.0 Å². The van der Waals surface area contributed by atoms with Crippen molar-refractivity contribution in [3.63, 3.8) is 0 Å². The van der Waals surface area contributed by atoms with Crippen LogP contribution >= 0.6 is 11.6 Å². The summed E-state index contributed by atoms with van der Waals surface area (Å²) in [6.45, 7) is 5.06. The molecule has 1 aromatic carbocycles. The largest absolute Gasteiger partial charge is 0.396 e. The monoisotopic (exact) mass is 270 g/mol. The van der Waals surface area contributed by atoms with Crippen molar-refractivity contribution in [1.29, 1.82) is 0 Å². The Kier molecular flexibility index (Phi) is 6.30. The first-order chi connectivity index (χ1) is 8.72. The highest BCUT2D eigenvalue weighted by Crippen LogP contribution is 2.33. The van der Waals surface area contributed by atoms with Gasteiger partial charge in [-0.2, -0.15) is 0 Å². The predicted molar refractivity (Wildman–Crippen MR) is 79.2 cm³/mol. The highest BCUT2D eigenvalue weighted by molar-refractivity contribution is 6.34. The van der Waals surface area contributed by atoms with Gasteiger partial charge >= 0.3 is 0 Å². The molecule has 0 bridgehead atoms. The standard InChI is InChI=1S/C12H17ClN2O.C2H6/c13-11-9(5-6-16)3-4-10(12(11)14)15-7-8-1-2-8;1-2/h3-4,8,15-16H,1-2,5-7,14H2;1-2H3. The number of aliphatic hydroxyl groups is 1. The fourth-order valence-corrected chi connectivity index (χ4v) is 1.94. The molecule has 0 aliphatic heterocycles. The van der Waals surface area contributed by atoms with E-state index in [1.807, 2.05) is 26.0 Å². The van der Waals surface area contributed by atoms with Crippen molar-refractivity contribution in [3.8, 4) is 0 Å². The van der Waals surface area contributed by atoms with Gasteiger partial charge in [0.05, 0.1) is 16.4 Å². The molecule has 18 heavy (non-hydrogen) atoms. The molecule has 102 valence electrons. The molecule has 0 heterocycles. The number of anilines is 2. The lowest BCUT2D eigenvalue weighted by molar-refractivity contribution is 0.299. The van der Waals surface area contributed by atoms with E-state index in [0.29, 0.717) is 17.1 Å². The van der Waals surface area contributed by atoms with E-state index in [1.165, 1.54) is 12.8 Å². The first kappa shape index (κ1) is 15.1. The normalized spacial score (nSPS) is 13.8. The van der Waals surface area contributed by atoms with Gasteiger partial charge in [-0.05, 0) is 36.8 Å². The van der Waals surface area contributed by atoms with Crippen LogP contribution in [-0.2, 0) is 6.42 Å². The Labute approximate surface area is 114 Å². The fourth-order valence-electron chi connectivity index (χ4n) is 1.68. The predicted octanol–water partition coefficient (Wildman–Crippen LogP) is 3.31. The second-order valence-corrected chi connectivity index (χ2v) is 4.68. The summed E-state index contributed by atoms with van der Waals surface area (Å²) in [5, 5.41) is 12.8. The van der Waals surface area contributed by atoms with Crippen molar-refractivity contribution in [2.75, 3.05) is 24.2 Å². The molecule has 1 saturated carbocycles. The number of halogens is 1. The first-order valence-corrected chi connectivity index (χ1v) is 7.01. The van der Waals surface area contributed by atoms with E-state index >= 15 is 0 Å². The number of hydrogen-bond acceptors (Lipinski definition) is 3. The van der Waals surface area contributed by atoms with Gasteiger partial charge in [-0.15, -0.1) is 0 Å². The maximum atomic E-state index is 8.87. The Hall–Kier alpha value is -0.930. The highest BCUT2D eigenvalue weighted by Gasteiger charge is 2.21. The van der Waals surface area contributed by atoms with Crippen LogP contribution in [0.15, 0.2) is 12.1 Å². The maximum absolute atomic E-state index is 8.87. The number of benzene rings is 1. The molecular weight excluding hydrogens is 248 g/mol. The van der Waals surface area contributed by atoms with Gasteiger partial charge in [0.2, 0.25) is 0 Å². The van der Waals surface area contributed by atoms with Crippen LogP contribution in [0.1, 0.15) is 32.3 Å². The van der Waals surface area contributed by atoms with E-state index in [9.17, 15) is 0 Å². The molecule has 2 rings (SSSR count). The summed E-state index contributed by atoms with van der Waals surface area (Å²) in [6.07, 6.45) is 3.17. The average molecular weight is 271 g/mol. The summed E-state index contributed by atoms with van der Waals surface area (Å²) in [4.78, 5) is 0. The van der Waals surface area contributed by atoms with Gasteiger partial charge in [0.25, 0.3) is 0 Å². The van der Waals surface area contributed by atoms with Gasteiger partial charge in [-0.25, -0.2) is 0 Å². The van der Waals surface area contributed by atoms with Crippen LogP contribution in [0.25, 0.3) is 0 Å². The third kappa shape index (κ3) is 4.07. The van der Waals surface area contributed by atoms with Gasteiger partial charge in [0.15, 0.2) is 0 Å². The molecule has 1 aliphatic carbocycles.